The van der Waals surface area contributed by atoms with E-state index in [1.165, 1.54) is 6.07 Å². The third-order valence-corrected chi connectivity index (χ3v) is 6.60. The number of amides is 1. The fourth-order valence-corrected chi connectivity index (χ4v) is 4.43. The lowest BCUT2D eigenvalue weighted by molar-refractivity contribution is -0.139. The zero-order chi connectivity index (χ0) is 26.6. The number of aromatic nitrogens is 1. The van der Waals surface area contributed by atoms with Gasteiger partial charge in [0.25, 0.3) is 5.91 Å². The number of halogens is 2. The maximum absolute atomic E-state index is 13.5. The summed E-state index contributed by atoms with van der Waals surface area (Å²) in [5.74, 6) is -2.19. The molecule has 0 spiro atoms. The van der Waals surface area contributed by atoms with Crippen LogP contribution in [0.15, 0.2) is 103 Å². The molecule has 0 aliphatic heterocycles. The Bertz CT molecular complexity index is 1640. The van der Waals surface area contributed by atoms with E-state index in [0.717, 1.165) is 38.6 Å². The average Bonchev–Trinajstić information content (AvgIpc) is 2.94. The Kier molecular flexibility index (Phi) is 7.15. The highest BCUT2D eigenvalue weighted by Gasteiger charge is 2.22. The van der Waals surface area contributed by atoms with E-state index in [1.54, 1.807) is 24.4 Å². The number of benzene rings is 4. The van der Waals surface area contributed by atoms with E-state index in [1.807, 2.05) is 72.8 Å². The van der Waals surface area contributed by atoms with Crippen molar-refractivity contribution >= 4 is 34.2 Å². The molecule has 1 amide bonds. The summed E-state index contributed by atoms with van der Waals surface area (Å²) in [5.41, 5.74) is 4.57. The molecule has 38 heavy (non-hydrogen) atoms. The molecule has 4 aromatic carbocycles. The lowest BCUT2D eigenvalue weighted by atomic mass is 10.0. The van der Waals surface area contributed by atoms with Gasteiger partial charge in [0.15, 0.2) is 0 Å². The second-order valence-corrected chi connectivity index (χ2v) is 9.30. The first-order chi connectivity index (χ1) is 18.4. The maximum atomic E-state index is 13.5. The minimum atomic E-state index is -1.13. The Balaban J connectivity index is 1.31. The van der Waals surface area contributed by atoms with Crippen molar-refractivity contribution in [2.45, 2.75) is 12.5 Å². The number of nitrogens with zero attached hydrogens (tertiary/aromatic N) is 1. The molecule has 1 atom stereocenters. The molecule has 0 aliphatic carbocycles. The first-order valence-electron chi connectivity index (χ1n) is 11.9. The van der Waals surface area contributed by atoms with Crippen LogP contribution in [0.25, 0.3) is 33.0 Å². The van der Waals surface area contributed by atoms with E-state index in [9.17, 15) is 19.1 Å². The summed E-state index contributed by atoms with van der Waals surface area (Å²) in [7, 11) is 0. The second-order valence-electron chi connectivity index (χ2n) is 8.89. The van der Waals surface area contributed by atoms with E-state index in [2.05, 4.69) is 10.3 Å². The number of carboxylic acids is 1. The lowest BCUT2D eigenvalue weighted by Gasteiger charge is -2.15. The van der Waals surface area contributed by atoms with Gasteiger partial charge in [-0.2, -0.15) is 0 Å². The quantitative estimate of drug-likeness (QED) is 0.246. The molecule has 5 nitrogen and oxygen atoms in total. The summed E-state index contributed by atoms with van der Waals surface area (Å²) in [6.07, 6.45) is 1.68. The summed E-state index contributed by atoms with van der Waals surface area (Å²) >= 11 is 5.91. The molecule has 0 saturated carbocycles. The van der Waals surface area contributed by atoms with Gasteiger partial charge in [-0.1, -0.05) is 84.4 Å². The Morgan fingerprint density at radius 1 is 0.816 bits per heavy atom. The van der Waals surface area contributed by atoms with Crippen LogP contribution in [0.5, 0.6) is 0 Å². The molecule has 0 bridgehead atoms. The molecule has 0 unspecified atom stereocenters. The summed E-state index contributed by atoms with van der Waals surface area (Å²) in [5, 5.41) is 13.9. The molecule has 1 aromatic heterocycles. The molecular weight excluding hydrogens is 503 g/mol. The third-order valence-electron chi connectivity index (χ3n) is 6.31. The van der Waals surface area contributed by atoms with Crippen LogP contribution in [0, 0.1) is 5.82 Å². The number of carbonyl (C=O) groups excluding carboxylic acids is 1. The van der Waals surface area contributed by atoms with Crippen molar-refractivity contribution in [2.24, 2.45) is 0 Å². The van der Waals surface area contributed by atoms with Crippen molar-refractivity contribution in [3.63, 3.8) is 0 Å². The van der Waals surface area contributed by atoms with Crippen molar-refractivity contribution < 1.29 is 19.1 Å². The summed E-state index contributed by atoms with van der Waals surface area (Å²) in [6, 6.07) is 28.0. The first kappa shape index (κ1) is 25.1. The summed E-state index contributed by atoms with van der Waals surface area (Å²) < 4.78 is 13.5. The van der Waals surface area contributed by atoms with Gasteiger partial charge < -0.3 is 10.4 Å². The molecule has 0 radical (unpaired) electrons. The Hall–Kier alpha value is -4.55. The van der Waals surface area contributed by atoms with Gasteiger partial charge in [0, 0.05) is 18.0 Å². The minimum absolute atomic E-state index is 0.0351. The molecule has 0 aliphatic rings. The molecule has 5 rings (SSSR count). The van der Waals surface area contributed by atoms with Crippen molar-refractivity contribution in [3.8, 4) is 22.3 Å². The Morgan fingerprint density at radius 2 is 1.47 bits per heavy atom. The van der Waals surface area contributed by atoms with Crippen LogP contribution in [-0.4, -0.2) is 28.0 Å². The molecule has 1 heterocycles. The number of pyridine rings is 1. The van der Waals surface area contributed by atoms with Gasteiger partial charge in [0.1, 0.15) is 17.6 Å². The minimum Gasteiger partial charge on any atom is -0.480 e. The fourth-order valence-electron chi connectivity index (χ4n) is 4.25. The Labute approximate surface area is 223 Å². The predicted octanol–water partition coefficient (Wildman–Crippen LogP) is 6.79. The number of carboxylic acid groups (broad SMARTS) is 1. The normalized spacial score (nSPS) is 11.7. The van der Waals surface area contributed by atoms with Gasteiger partial charge >= 0.3 is 5.97 Å². The molecule has 188 valence electrons. The number of hydrogen-bond donors (Lipinski definition) is 2. The summed E-state index contributed by atoms with van der Waals surface area (Å²) in [4.78, 5) is 29.1. The molecule has 2 N–H and O–H groups in total. The molecule has 0 fully saturated rings. The van der Waals surface area contributed by atoms with E-state index in [0.29, 0.717) is 0 Å². The van der Waals surface area contributed by atoms with Crippen molar-refractivity contribution in [1.29, 1.82) is 0 Å². The standard InChI is InChI=1S/C31H22ClFN2O3/c32-26-16-23(12-13-27(26)33)22-10-11-24-17-28(34-18-25(24)15-22)30(36)35-29(31(37)38)14-19-6-8-21(9-7-19)20-4-2-1-3-5-20/h1-13,15-18,29H,14H2,(H,35,36)(H,37,38)/t29-/m0/s1. The number of carbonyl (C=O) groups is 2. The van der Waals surface area contributed by atoms with Gasteiger partial charge in [0.2, 0.25) is 0 Å². The van der Waals surface area contributed by atoms with Crippen molar-refractivity contribution in [2.75, 3.05) is 0 Å². The SMILES string of the molecule is O=C(N[C@@H](Cc1ccc(-c2ccccc2)cc1)C(=O)O)c1cc2ccc(-c3ccc(F)c(Cl)c3)cc2cn1. The van der Waals surface area contributed by atoms with E-state index >= 15 is 0 Å². The van der Waals surface area contributed by atoms with Crippen molar-refractivity contribution in [3.05, 3.63) is 125 Å². The largest absolute Gasteiger partial charge is 0.480 e. The van der Waals surface area contributed by atoms with E-state index < -0.39 is 23.7 Å². The van der Waals surface area contributed by atoms with Gasteiger partial charge in [-0.15, -0.1) is 0 Å². The van der Waals surface area contributed by atoms with Gasteiger partial charge in [-0.25, -0.2) is 9.18 Å². The zero-order valence-electron chi connectivity index (χ0n) is 20.1. The maximum Gasteiger partial charge on any atom is 0.326 e. The van der Waals surface area contributed by atoms with Crippen LogP contribution in [0.2, 0.25) is 5.02 Å². The van der Waals surface area contributed by atoms with E-state index in [4.69, 9.17) is 11.6 Å². The smallest absolute Gasteiger partial charge is 0.326 e. The topological polar surface area (TPSA) is 79.3 Å². The number of nitrogens with one attached hydrogen (secondary N) is 1. The number of rotatable bonds is 7. The Morgan fingerprint density at radius 3 is 2.18 bits per heavy atom. The molecule has 7 heteroatoms. The number of fused-ring (bicyclic) bond motifs is 1. The van der Waals surface area contributed by atoms with Gasteiger partial charge in [-0.3, -0.25) is 9.78 Å². The lowest BCUT2D eigenvalue weighted by Crippen LogP contribution is -2.42. The first-order valence-corrected chi connectivity index (χ1v) is 12.3. The third kappa shape index (κ3) is 5.56. The van der Waals surface area contributed by atoms with Crippen LogP contribution < -0.4 is 5.32 Å². The number of aliphatic carboxylic acids is 1. The van der Waals surface area contributed by atoms with Crippen LogP contribution in [0.3, 0.4) is 0 Å². The molecule has 0 saturated heterocycles. The highest BCUT2D eigenvalue weighted by molar-refractivity contribution is 6.31. The van der Waals surface area contributed by atoms with Crippen LogP contribution >= 0.6 is 11.6 Å². The van der Waals surface area contributed by atoms with Crippen LogP contribution in [0.1, 0.15) is 16.1 Å². The molecular formula is C31H22ClFN2O3. The average molecular weight is 525 g/mol. The van der Waals surface area contributed by atoms with Crippen molar-refractivity contribution in [1.82, 2.24) is 10.3 Å². The van der Waals surface area contributed by atoms with Crippen LogP contribution in [-0.2, 0) is 11.2 Å². The van der Waals surface area contributed by atoms with Gasteiger partial charge in [0.05, 0.1) is 5.02 Å². The summed E-state index contributed by atoms with van der Waals surface area (Å²) in [6.45, 7) is 0. The second kappa shape index (κ2) is 10.8. The number of hydrogen-bond acceptors (Lipinski definition) is 3. The molecule has 5 aromatic rings. The monoisotopic (exact) mass is 524 g/mol. The highest BCUT2D eigenvalue weighted by Crippen LogP contribution is 2.28. The fraction of sp³-hybridized carbons (Fsp3) is 0.0645. The van der Waals surface area contributed by atoms with Crippen LogP contribution in [0.4, 0.5) is 4.39 Å². The van der Waals surface area contributed by atoms with Gasteiger partial charge in [-0.05, 0) is 57.5 Å². The predicted molar refractivity (Wildman–Crippen MR) is 147 cm³/mol. The zero-order valence-corrected chi connectivity index (χ0v) is 20.8. The highest BCUT2D eigenvalue weighted by atomic mass is 35.5. The van der Waals surface area contributed by atoms with E-state index in [-0.39, 0.29) is 17.1 Å².